The van der Waals surface area contributed by atoms with Crippen molar-refractivity contribution < 1.29 is 31.5 Å². The Balaban J connectivity index is 1.30. The lowest BCUT2D eigenvalue weighted by molar-refractivity contribution is -0.122. The summed E-state index contributed by atoms with van der Waals surface area (Å²) < 4.78 is 57.5. The molecule has 0 unspecified atom stereocenters. The van der Waals surface area contributed by atoms with E-state index in [0.717, 1.165) is 31.6 Å². The van der Waals surface area contributed by atoms with Crippen LogP contribution < -0.4 is 14.8 Å². The second kappa shape index (κ2) is 10.5. The van der Waals surface area contributed by atoms with Crippen molar-refractivity contribution in [1.82, 2.24) is 10.0 Å². The molecule has 0 saturated carbocycles. The summed E-state index contributed by atoms with van der Waals surface area (Å²) in [6.45, 7) is 3.78. The van der Waals surface area contributed by atoms with E-state index in [4.69, 9.17) is 13.9 Å². The van der Waals surface area contributed by atoms with Gasteiger partial charge in [-0.15, -0.1) is 0 Å². The summed E-state index contributed by atoms with van der Waals surface area (Å²) >= 11 is 0. The molecule has 1 aromatic heterocycles. The second-order valence-electron chi connectivity index (χ2n) is 8.32. The molecule has 4 rings (SSSR count). The molecule has 1 saturated heterocycles. The van der Waals surface area contributed by atoms with Gasteiger partial charge in [-0.2, -0.15) is 4.72 Å². The van der Waals surface area contributed by atoms with Crippen LogP contribution in [0.4, 0.5) is 4.39 Å². The Morgan fingerprint density at radius 3 is 2.76 bits per heavy atom. The summed E-state index contributed by atoms with van der Waals surface area (Å²) in [6, 6.07) is 11.3. The molecule has 0 radical (unpaired) electrons. The number of ether oxygens (including phenoxy) is 2. The van der Waals surface area contributed by atoms with Crippen molar-refractivity contribution in [1.29, 1.82) is 0 Å². The fourth-order valence-electron chi connectivity index (χ4n) is 3.68. The third kappa shape index (κ3) is 6.13. The van der Waals surface area contributed by atoms with E-state index in [1.165, 1.54) is 31.2 Å². The number of hydrogen-bond donors (Lipinski definition) is 2. The van der Waals surface area contributed by atoms with Gasteiger partial charge in [0.05, 0.1) is 12.6 Å². The standard InChI is InChI=1S/C24H27FN2O6S/c1-16(27-34(29,30)23-13-19-12-20(25)5-6-22(19)33-23)24(28)26-14-18-3-2-4-21(11-18)32-15-17-7-9-31-10-8-17/h2-6,11-13,16-17,27H,7-10,14-15H2,1H3,(H,26,28)/t16-/m0/s1. The van der Waals surface area contributed by atoms with Crippen LogP contribution in [-0.2, 0) is 26.1 Å². The lowest BCUT2D eigenvalue weighted by Crippen LogP contribution is -2.44. The van der Waals surface area contributed by atoms with E-state index < -0.39 is 27.8 Å². The zero-order valence-corrected chi connectivity index (χ0v) is 19.6. The number of halogens is 1. The molecule has 8 nitrogen and oxygen atoms in total. The Morgan fingerprint density at radius 1 is 1.18 bits per heavy atom. The summed E-state index contributed by atoms with van der Waals surface area (Å²) in [4.78, 5) is 12.5. The fourth-order valence-corrected chi connectivity index (χ4v) is 4.85. The highest BCUT2D eigenvalue weighted by atomic mass is 32.2. The summed E-state index contributed by atoms with van der Waals surface area (Å²) in [5, 5.41) is 2.65. The van der Waals surface area contributed by atoms with Gasteiger partial charge in [-0.05, 0) is 61.6 Å². The third-order valence-electron chi connectivity index (χ3n) is 5.64. The normalized spacial score (nSPS) is 15.8. The molecule has 0 bridgehead atoms. The zero-order chi connectivity index (χ0) is 24.1. The van der Waals surface area contributed by atoms with Crippen LogP contribution in [0.15, 0.2) is 58.0 Å². The van der Waals surface area contributed by atoms with Crippen LogP contribution in [0.5, 0.6) is 5.75 Å². The first kappa shape index (κ1) is 24.2. The summed E-state index contributed by atoms with van der Waals surface area (Å²) in [5.74, 6) is 0.181. The highest BCUT2D eigenvalue weighted by Crippen LogP contribution is 2.24. The maximum Gasteiger partial charge on any atom is 0.274 e. The average molecular weight is 491 g/mol. The lowest BCUT2D eigenvalue weighted by atomic mass is 10.0. The van der Waals surface area contributed by atoms with Gasteiger partial charge in [0.15, 0.2) is 0 Å². The summed E-state index contributed by atoms with van der Waals surface area (Å²) in [5.41, 5.74) is 1.06. The fraction of sp³-hybridized carbons (Fsp3) is 0.375. The molecule has 1 aliphatic heterocycles. The van der Waals surface area contributed by atoms with Crippen molar-refractivity contribution in [3.05, 3.63) is 59.9 Å². The maximum absolute atomic E-state index is 13.4. The first-order valence-electron chi connectivity index (χ1n) is 11.1. The molecule has 10 heteroatoms. The molecule has 0 spiro atoms. The van der Waals surface area contributed by atoms with Gasteiger partial charge in [0.1, 0.15) is 17.1 Å². The van der Waals surface area contributed by atoms with Gasteiger partial charge in [0.2, 0.25) is 11.0 Å². The Bertz CT molecular complexity index is 1250. The third-order valence-corrected chi connectivity index (χ3v) is 7.03. The van der Waals surface area contributed by atoms with Gasteiger partial charge in [0, 0.05) is 31.2 Å². The van der Waals surface area contributed by atoms with Gasteiger partial charge < -0.3 is 19.2 Å². The minimum Gasteiger partial charge on any atom is -0.493 e. The van der Waals surface area contributed by atoms with Crippen molar-refractivity contribution >= 4 is 26.9 Å². The van der Waals surface area contributed by atoms with E-state index in [1.54, 1.807) is 0 Å². The van der Waals surface area contributed by atoms with Crippen LogP contribution in [0.25, 0.3) is 11.0 Å². The molecular weight excluding hydrogens is 463 g/mol. The van der Waals surface area contributed by atoms with E-state index in [2.05, 4.69) is 10.0 Å². The molecule has 34 heavy (non-hydrogen) atoms. The highest BCUT2D eigenvalue weighted by molar-refractivity contribution is 7.89. The molecule has 2 N–H and O–H groups in total. The number of furan rings is 1. The van der Waals surface area contributed by atoms with Crippen molar-refractivity contribution in [3.63, 3.8) is 0 Å². The van der Waals surface area contributed by atoms with Crippen LogP contribution in [0.3, 0.4) is 0 Å². The smallest absolute Gasteiger partial charge is 0.274 e. The van der Waals surface area contributed by atoms with E-state index in [1.807, 2.05) is 24.3 Å². The van der Waals surface area contributed by atoms with Gasteiger partial charge in [-0.3, -0.25) is 4.79 Å². The van der Waals surface area contributed by atoms with E-state index in [-0.39, 0.29) is 17.2 Å². The van der Waals surface area contributed by atoms with Crippen molar-refractivity contribution in [2.75, 3.05) is 19.8 Å². The van der Waals surface area contributed by atoms with E-state index in [0.29, 0.717) is 23.7 Å². The van der Waals surface area contributed by atoms with Gasteiger partial charge >= 0.3 is 0 Å². The number of hydrogen-bond acceptors (Lipinski definition) is 6. The maximum atomic E-state index is 13.4. The first-order valence-corrected chi connectivity index (χ1v) is 12.6. The van der Waals surface area contributed by atoms with Crippen LogP contribution in [-0.4, -0.2) is 40.2 Å². The lowest BCUT2D eigenvalue weighted by Gasteiger charge is -2.22. The average Bonchev–Trinajstić information content (AvgIpc) is 3.26. The topological polar surface area (TPSA) is 107 Å². The van der Waals surface area contributed by atoms with Gasteiger partial charge in [-0.25, -0.2) is 12.8 Å². The number of fused-ring (bicyclic) bond motifs is 1. The first-order chi connectivity index (χ1) is 16.3. The molecule has 1 aliphatic rings. The number of nitrogens with one attached hydrogen (secondary N) is 2. The predicted octanol–water partition coefficient (Wildman–Crippen LogP) is 3.36. The minimum absolute atomic E-state index is 0.212. The van der Waals surface area contributed by atoms with Gasteiger partial charge in [-0.1, -0.05) is 12.1 Å². The number of sulfonamides is 1. The molecule has 1 fully saturated rings. The van der Waals surface area contributed by atoms with Crippen LogP contribution in [0.1, 0.15) is 25.3 Å². The van der Waals surface area contributed by atoms with Crippen LogP contribution >= 0.6 is 0 Å². The zero-order valence-electron chi connectivity index (χ0n) is 18.8. The Morgan fingerprint density at radius 2 is 1.97 bits per heavy atom. The molecular formula is C24H27FN2O6S. The van der Waals surface area contributed by atoms with E-state index >= 15 is 0 Å². The molecule has 3 aromatic rings. The number of rotatable bonds is 9. The SMILES string of the molecule is C[C@H](NS(=O)(=O)c1cc2cc(F)ccc2o1)C(=O)NCc1cccc(OCC2CCOCC2)c1. The Kier molecular flexibility index (Phi) is 7.50. The van der Waals surface area contributed by atoms with Crippen LogP contribution in [0, 0.1) is 11.7 Å². The molecule has 2 heterocycles. The second-order valence-corrected chi connectivity index (χ2v) is 9.97. The predicted molar refractivity (Wildman–Crippen MR) is 123 cm³/mol. The Labute approximate surface area is 197 Å². The monoisotopic (exact) mass is 490 g/mol. The molecule has 1 amide bonds. The summed E-state index contributed by atoms with van der Waals surface area (Å²) in [6.07, 6.45) is 1.96. The van der Waals surface area contributed by atoms with E-state index in [9.17, 15) is 17.6 Å². The summed E-state index contributed by atoms with van der Waals surface area (Å²) in [7, 11) is -4.12. The Hall–Kier alpha value is -2.95. The van der Waals surface area contributed by atoms with Crippen molar-refractivity contribution in [2.45, 2.75) is 37.4 Å². The largest absolute Gasteiger partial charge is 0.493 e. The quantitative estimate of drug-likeness (QED) is 0.476. The highest BCUT2D eigenvalue weighted by Gasteiger charge is 2.25. The molecule has 1 atom stereocenters. The molecule has 2 aromatic carbocycles. The number of carbonyl (C=O) groups excluding carboxylic acids is 1. The van der Waals surface area contributed by atoms with Crippen LogP contribution in [0.2, 0.25) is 0 Å². The van der Waals surface area contributed by atoms with Crippen molar-refractivity contribution in [2.24, 2.45) is 5.92 Å². The molecule has 0 aliphatic carbocycles. The minimum atomic E-state index is -4.12. The number of carbonyl (C=O) groups is 1. The van der Waals surface area contributed by atoms with Gasteiger partial charge in [0.25, 0.3) is 10.0 Å². The molecule has 182 valence electrons. The number of amides is 1. The number of benzene rings is 2. The van der Waals surface area contributed by atoms with Crippen molar-refractivity contribution in [3.8, 4) is 5.75 Å².